The van der Waals surface area contributed by atoms with Gasteiger partial charge in [-0.3, -0.25) is 0 Å². The molecule has 0 radical (unpaired) electrons. The standard InChI is InChI=1S/C16H21ClFN3/c1-2-10-3-5-11(6-4-10)9-21-15-7-12(17)13(18)8-14(15)20-16(21)19/h7-8,10-11H,2-6,9H2,1H3,(H2,19,20). The maximum atomic E-state index is 13.5. The molecule has 1 aromatic carbocycles. The van der Waals surface area contributed by atoms with Gasteiger partial charge in [-0.2, -0.15) is 0 Å². The smallest absolute Gasteiger partial charge is 0.201 e. The highest BCUT2D eigenvalue weighted by atomic mass is 35.5. The molecule has 1 aliphatic rings. The first-order valence-corrected chi connectivity index (χ1v) is 8.07. The van der Waals surface area contributed by atoms with E-state index in [1.807, 2.05) is 4.57 Å². The van der Waals surface area contributed by atoms with Gasteiger partial charge in [-0.25, -0.2) is 9.37 Å². The molecule has 21 heavy (non-hydrogen) atoms. The van der Waals surface area contributed by atoms with Gasteiger partial charge in [0.05, 0.1) is 16.1 Å². The van der Waals surface area contributed by atoms with E-state index in [1.54, 1.807) is 6.07 Å². The molecule has 0 aliphatic heterocycles. The van der Waals surface area contributed by atoms with Crippen LogP contribution >= 0.6 is 11.6 Å². The van der Waals surface area contributed by atoms with E-state index in [4.69, 9.17) is 17.3 Å². The highest BCUT2D eigenvalue weighted by molar-refractivity contribution is 6.31. The van der Waals surface area contributed by atoms with Crippen LogP contribution in [-0.2, 0) is 6.54 Å². The van der Waals surface area contributed by atoms with Crippen LogP contribution in [0.25, 0.3) is 11.0 Å². The number of hydrogen-bond donors (Lipinski definition) is 1. The van der Waals surface area contributed by atoms with Crippen molar-refractivity contribution in [3.05, 3.63) is 23.0 Å². The second-order valence-electron chi connectivity index (χ2n) is 6.13. The number of rotatable bonds is 3. The second kappa shape index (κ2) is 5.84. The second-order valence-corrected chi connectivity index (χ2v) is 6.54. The maximum absolute atomic E-state index is 13.5. The summed E-state index contributed by atoms with van der Waals surface area (Å²) in [4.78, 5) is 4.25. The maximum Gasteiger partial charge on any atom is 0.201 e. The number of hydrogen-bond acceptors (Lipinski definition) is 2. The summed E-state index contributed by atoms with van der Waals surface area (Å²) in [5.41, 5.74) is 7.42. The predicted molar refractivity (Wildman–Crippen MR) is 84.9 cm³/mol. The van der Waals surface area contributed by atoms with Crippen molar-refractivity contribution in [2.45, 2.75) is 45.6 Å². The van der Waals surface area contributed by atoms with Gasteiger partial charge in [0.2, 0.25) is 5.95 Å². The fraction of sp³-hybridized carbons (Fsp3) is 0.562. The highest BCUT2D eigenvalue weighted by Crippen LogP contribution is 2.33. The lowest BCUT2D eigenvalue weighted by molar-refractivity contribution is 0.250. The summed E-state index contributed by atoms with van der Waals surface area (Å²) in [6, 6.07) is 2.99. The molecular formula is C16H21ClFN3. The van der Waals surface area contributed by atoms with Gasteiger partial charge >= 0.3 is 0 Å². The minimum atomic E-state index is -0.447. The number of fused-ring (bicyclic) bond motifs is 1. The Morgan fingerprint density at radius 2 is 1.95 bits per heavy atom. The van der Waals surface area contributed by atoms with Crippen LogP contribution in [0.2, 0.25) is 5.02 Å². The normalized spacial score (nSPS) is 22.8. The van der Waals surface area contributed by atoms with Crippen molar-refractivity contribution in [2.75, 3.05) is 5.73 Å². The zero-order chi connectivity index (χ0) is 15.0. The molecule has 1 fully saturated rings. The minimum absolute atomic E-state index is 0.123. The Labute approximate surface area is 129 Å². The summed E-state index contributed by atoms with van der Waals surface area (Å²) in [7, 11) is 0. The van der Waals surface area contributed by atoms with Gasteiger partial charge in [0.25, 0.3) is 0 Å². The first-order valence-electron chi connectivity index (χ1n) is 7.69. The Kier molecular flexibility index (Phi) is 4.07. The van der Waals surface area contributed by atoms with Crippen molar-refractivity contribution in [1.29, 1.82) is 0 Å². The van der Waals surface area contributed by atoms with E-state index in [9.17, 15) is 4.39 Å². The molecule has 2 aromatic rings. The number of nitrogens with zero attached hydrogens (tertiary/aromatic N) is 2. The molecule has 0 spiro atoms. The lowest BCUT2D eigenvalue weighted by atomic mass is 9.81. The topological polar surface area (TPSA) is 43.8 Å². The molecule has 1 saturated carbocycles. The average molecular weight is 310 g/mol. The van der Waals surface area contributed by atoms with E-state index in [2.05, 4.69) is 11.9 Å². The number of imidazole rings is 1. The summed E-state index contributed by atoms with van der Waals surface area (Å²) in [5.74, 6) is 1.50. The van der Waals surface area contributed by atoms with Crippen LogP contribution in [0, 0.1) is 17.7 Å². The molecule has 2 N–H and O–H groups in total. The third kappa shape index (κ3) is 2.86. The Morgan fingerprint density at radius 3 is 2.62 bits per heavy atom. The molecule has 5 heteroatoms. The molecule has 1 aliphatic carbocycles. The van der Waals surface area contributed by atoms with E-state index in [0.717, 1.165) is 18.0 Å². The summed E-state index contributed by atoms with van der Waals surface area (Å²) in [6.45, 7) is 3.11. The molecule has 0 amide bonds. The van der Waals surface area contributed by atoms with Gasteiger partial charge in [0.1, 0.15) is 5.82 Å². The number of aromatic nitrogens is 2. The van der Waals surface area contributed by atoms with Crippen LogP contribution < -0.4 is 5.73 Å². The summed E-state index contributed by atoms with van der Waals surface area (Å²) in [5, 5.41) is 0.123. The quantitative estimate of drug-likeness (QED) is 0.898. The van der Waals surface area contributed by atoms with Crippen LogP contribution in [0.1, 0.15) is 39.0 Å². The van der Waals surface area contributed by atoms with Crippen LogP contribution in [0.4, 0.5) is 10.3 Å². The number of benzene rings is 1. The molecular weight excluding hydrogens is 289 g/mol. The Bertz CT molecular complexity index is 644. The molecule has 114 valence electrons. The van der Waals surface area contributed by atoms with Gasteiger partial charge in [-0.05, 0) is 30.7 Å². The van der Waals surface area contributed by atoms with E-state index < -0.39 is 5.82 Å². The first kappa shape index (κ1) is 14.6. The summed E-state index contributed by atoms with van der Waals surface area (Å²) in [6.07, 6.45) is 6.32. The molecule has 0 bridgehead atoms. The SMILES string of the molecule is CCC1CCC(Cn2c(N)nc3cc(F)c(Cl)cc32)CC1. The van der Waals surface area contributed by atoms with Crippen molar-refractivity contribution in [2.24, 2.45) is 11.8 Å². The third-order valence-electron chi connectivity index (χ3n) is 4.80. The van der Waals surface area contributed by atoms with Gasteiger partial charge in [0.15, 0.2) is 0 Å². The average Bonchev–Trinajstić information content (AvgIpc) is 2.76. The number of nitrogen functional groups attached to an aromatic ring is 1. The minimum Gasteiger partial charge on any atom is -0.369 e. The highest BCUT2D eigenvalue weighted by Gasteiger charge is 2.22. The fourth-order valence-electron chi connectivity index (χ4n) is 3.41. The molecule has 0 unspecified atom stereocenters. The van der Waals surface area contributed by atoms with E-state index in [1.165, 1.54) is 38.2 Å². The van der Waals surface area contributed by atoms with E-state index in [-0.39, 0.29) is 5.02 Å². The van der Waals surface area contributed by atoms with Gasteiger partial charge in [-0.15, -0.1) is 0 Å². The van der Waals surface area contributed by atoms with E-state index >= 15 is 0 Å². The molecule has 3 rings (SSSR count). The Hall–Kier alpha value is -1.29. The largest absolute Gasteiger partial charge is 0.369 e. The van der Waals surface area contributed by atoms with Crippen molar-refractivity contribution in [3.63, 3.8) is 0 Å². The predicted octanol–water partition coefficient (Wildman–Crippen LogP) is 4.63. The number of halogens is 2. The van der Waals surface area contributed by atoms with Crippen LogP contribution in [0.15, 0.2) is 12.1 Å². The van der Waals surface area contributed by atoms with Crippen LogP contribution in [-0.4, -0.2) is 9.55 Å². The third-order valence-corrected chi connectivity index (χ3v) is 5.09. The molecule has 1 heterocycles. The van der Waals surface area contributed by atoms with Gasteiger partial charge in [-0.1, -0.05) is 37.8 Å². The lowest BCUT2D eigenvalue weighted by Gasteiger charge is -2.28. The zero-order valence-corrected chi connectivity index (χ0v) is 13.0. The summed E-state index contributed by atoms with van der Waals surface area (Å²) < 4.78 is 15.5. The number of nitrogens with two attached hydrogens (primary N) is 1. The van der Waals surface area contributed by atoms with Crippen molar-refractivity contribution in [1.82, 2.24) is 9.55 Å². The van der Waals surface area contributed by atoms with Crippen molar-refractivity contribution >= 4 is 28.6 Å². The molecule has 1 aromatic heterocycles. The van der Waals surface area contributed by atoms with Crippen molar-refractivity contribution < 1.29 is 4.39 Å². The zero-order valence-electron chi connectivity index (χ0n) is 12.3. The van der Waals surface area contributed by atoms with Gasteiger partial charge < -0.3 is 10.3 Å². The Balaban J connectivity index is 1.84. The Morgan fingerprint density at radius 1 is 1.29 bits per heavy atom. The molecule has 3 nitrogen and oxygen atoms in total. The van der Waals surface area contributed by atoms with Crippen LogP contribution in [0.5, 0.6) is 0 Å². The lowest BCUT2D eigenvalue weighted by Crippen LogP contribution is -2.19. The van der Waals surface area contributed by atoms with E-state index in [0.29, 0.717) is 17.4 Å². The van der Waals surface area contributed by atoms with Gasteiger partial charge in [0, 0.05) is 12.6 Å². The molecule has 0 atom stereocenters. The van der Waals surface area contributed by atoms with Crippen molar-refractivity contribution in [3.8, 4) is 0 Å². The summed E-state index contributed by atoms with van der Waals surface area (Å²) >= 11 is 5.89. The van der Waals surface area contributed by atoms with Crippen LogP contribution in [0.3, 0.4) is 0 Å². The number of anilines is 1. The molecule has 0 saturated heterocycles. The monoisotopic (exact) mass is 309 g/mol. The first-order chi connectivity index (χ1) is 10.1. The fourth-order valence-corrected chi connectivity index (χ4v) is 3.57.